The fraction of sp³-hybridized carbons (Fsp3) is 0.240. The van der Waals surface area contributed by atoms with E-state index >= 15 is 0 Å². The zero-order valence-electron chi connectivity index (χ0n) is 16.5. The van der Waals surface area contributed by atoms with Gasteiger partial charge in [-0.15, -0.1) is 0 Å². The second-order valence-corrected chi connectivity index (χ2v) is 7.72. The molecule has 3 aromatic carbocycles. The number of anilines is 2. The van der Waals surface area contributed by atoms with Crippen LogP contribution in [0.3, 0.4) is 0 Å². The number of H-pyrrole nitrogens is 1. The lowest BCUT2D eigenvalue weighted by atomic mass is 9.95. The van der Waals surface area contributed by atoms with Crippen LogP contribution in [-0.2, 0) is 12.8 Å². The zero-order chi connectivity index (χ0) is 19.3. The number of aryl methyl sites for hydroxylation is 3. The second-order valence-electron chi connectivity index (χ2n) is 7.72. The maximum absolute atomic E-state index is 4.51. The smallest absolute Gasteiger partial charge is 0.125 e. The highest BCUT2D eigenvalue weighted by molar-refractivity contribution is 6.15. The molecule has 0 saturated carbocycles. The van der Waals surface area contributed by atoms with Gasteiger partial charge in [-0.1, -0.05) is 48.9 Å². The Morgan fingerprint density at radius 3 is 2.75 bits per heavy atom. The van der Waals surface area contributed by atoms with Gasteiger partial charge in [-0.2, -0.15) is 0 Å². The monoisotopic (exact) mass is 367 g/mol. The number of nitrogens with zero attached hydrogens (tertiary/aromatic N) is 2. The number of aromatic nitrogens is 1. The van der Waals surface area contributed by atoms with E-state index in [0.717, 1.165) is 19.3 Å². The van der Waals surface area contributed by atoms with E-state index < -0.39 is 0 Å². The number of nitrogens with one attached hydrogen (secondary N) is 1. The first-order valence-corrected chi connectivity index (χ1v) is 10.1. The number of aliphatic imine (C=N–C) groups is 1. The van der Waals surface area contributed by atoms with Gasteiger partial charge in [-0.05, 0) is 62.2 Å². The molecule has 1 aromatic heterocycles. The van der Waals surface area contributed by atoms with Crippen LogP contribution in [0.15, 0.2) is 59.6 Å². The minimum absolute atomic E-state index is 0.0551. The van der Waals surface area contributed by atoms with Crippen molar-refractivity contribution in [3.63, 3.8) is 0 Å². The highest BCUT2D eigenvalue weighted by atomic mass is 15.3. The van der Waals surface area contributed by atoms with Gasteiger partial charge in [0.1, 0.15) is 6.17 Å². The predicted molar refractivity (Wildman–Crippen MR) is 120 cm³/mol. The quantitative estimate of drug-likeness (QED) is 0.423. The van der Waals surface area contributed by atoms with Gasteiger partial charge in [-0.25, -0.2) is 0 Å². The third-order valence-electron chi connectivity index (χ3n) is 6.04. The molecule has 1 N–H and O–H groups in total. The van der Waals surface area contributed by atoms with Crippen LogP contribution in [0.5, 0.6) is 0 Å². The third-order valence-corrected chi connectivity index (χ3v) is 6.04. The Morgan fingerprint density at radius 2 is 1.93 bits per heavy atom. The topological polar surface area (TPSA) is 31.4 Å². The molecule has 1 aliphatic heterocycles. The SMILES string of the molecule is C=NC1CCc2cc(C)ccc2N1c1ccc(CC)c2[nH]c3ccccc3c12. The van der Waals surface area contributed by atoms with Crippen LogP contribution in [0, 0.1) is 6.92 Å². The number of benzene rings is 3. The minimum Gasteiger partial charge on any atom is -0.354 e. The molecule has 0 fully saturated rings. The summed E-state index contributed by atoms with van der Waals surface area (Å²) >= 11 is 0. The Hall–Kier alpha value is -3.07. The van der Waals surface area contributed by atoms with Gasteiger partial charge in [0.25, 0.3) is 0 Å². The molecule has 2 heterocycles. The van der Waals surface area contributed by atoms with Crippen LogP contribution in [0.2, 0.25) is 0 Å². The molecule has 0 bridgehead atoms. The largest absolute Gasteiger partial charge is 0.354 e. The lowest BCUT2D eigenvalue weighted by Crippen LogP contribution is -2.34. The number of fused-ring (bicyclic) bond motifs is 4. The molecule has 4 aromatic rings. The average molecular weight is 367 g/mol. The molecule has 3 heteroatoms. The van der Waals surface area contributed by atoms with Crippen LogP contribution < -0.4 is 4.90 Å². The van der Waals surface area contributed by atoms with E-state index in [1.165, 1.54) is 49.9 Å². The van der Waals surface area contributed by atoms with Crippen LogP contribution in [0.25, 0.3) is 21.8 Å². The van der Waals surface area contributed by atoms with Crippen molar-refractivity contribution in [2.24, 2.45) is 4.99 Å². The van der Waals surface area contributed by atoms with E-state index in [4.69, 9.17) is 0 Å². The number of hydrogen-bond donors (Lipinski definition) is 1. The first-order valence-electron chi connectivity index (χ1n) is 10.1. The summed E-state index contributed by atoms with van der Waals surface area (Å²) in [4.78, 5) is 10.6. The molecule has 0 spiro atoms. The van der Waals surface area contributed by atoms with Crippen molar-refractivity contribution < 1.29 is 0 Å². The van der Waals surface area contributed by atoms with Crippen LogP contribution in [-0.4, -0.2) is 17.9 Å². The molecule has 0 saturated heterocycles. The molecule has 5 rings (SSSR count). The van der Waals surface area contributed by atoms with E-state index in [1.807, 2.05) is 0 Å². The fourth-order valence-electron chi connectivity index (χ4n) is 4.68. The molecule has 0 radical (unpaired) electrons. The molecule has 3 nitrogen and oxygen atoms in total. The number of hydrogen-bond acceptors (Lipinski definition) is 2. The van der Waals surface area contributed by atoms with Crippen molar-refractivity contribution in [2.45, 2.75) is 39.3 Å². The molecule has 28 heavy (non-hydrogen) atoms. The van der Waals surface area contributed by atoms with E-state index in [9.17, 15) is 0 Å². The van der Waals surface area contributed by atoms with Crippen molar-refractivity contribution in [3.8, 4) is 0 Å². The standard InChI is InChI=1S/C25H25N3/c1-4-17-10-13-22(24-19-7-5-6-8-20(19)27-25(17)24)28-21-12-9-16(2)15-18(21)11-14-23(28)26-3/h5-10,12-13,15,23,27H,3-4,11,14H2,1-2H3. The molecular weight excluding hydrogens is 342 g/mol. The summed E-state index contributed by atoms with van der Waals surface area (Å²) in [5.41, 5.74) is 8.94. The summed E-state index contributed by atoms with van der Waals surface area (Å²) in [6, 6.07) is 19.9. The minimum atomic E-state index is 0.0551. The normalized spacial score (nSPS) is 16.5. The first kappa shape index (κ1) is 17.1. The second kappa shape index (κ2) is 6.52. The summed E-state index contributed by atoms with van der Waals surface area (Å²) in [7, 11) is 0. The summed E-state index contributed by atoms with van der Waals surface area (Å²) in [6.45, 7) is 8.29. The van der Waals surface area contributed by atoms with Crippen molar-refractivity contribution in [1.82, 2.24) is 4.98 Å². The van der Waals surface area contributed by atoms with E-state index in [-0.39, 0.29) is 6.17 Å². The molecule has 140 valence electrons. The fourth-order valence-corrected chi connectivity index (χ4v) is 4.68. The number of aromatic amines is 1. The highest BCUT2D eigenvalue weighted by Crippen LogP contribution is 2.43. The van der Waals surface area contributed by atoms with Gasteiger partial charge >= 0.3 is 0 Å². The van der Waals surface area contributed by atoms with Gasteiger partial charge in [0.2, 0.25) is 0 Å². The Bertz CT molecular complexity index is 1200. The molecule has 1 aliphatic rings. The van der Waals surface area contributed by atoms with Crippen molar-refractivity contribution in [2.75, 3.05) is 4.90 Å². The van der Waals surface area contributed by atoms with Crippen molar-refractivity contribution in [1.29, 1.82) is 0 Å². The third kappa shape index (κ3) is 2.46. The average Bonchev–Trinajstić information content (AvgIpc) is 3.12. The lowest BCUT2D eigenvalue weighted by Gasteiger charge is -2.37. The predicted octanol–water partition coefficient (Wildman–Crippen LogP) is 6.30. The lowest BCUT2D eigenvalue weighted by molar-refractivity contribution is 0.601. The molecular formula is C25H25N3. The first-order chi connectivity index (χ1) is 13.7. The van der Waals surface area contributed by atoms with Crippen LogP contribution >= 0.6 is 0 Å². The summed E-state index contributed by atoms with van der Waals surface area (Å²) in [5.74, 6) is 0. The molecule has 0 amide bonds. The van der Waals surface area contributed by atoms with Gasteiger partial charge < -0.3 is 9.88 Å². The maximum Gasteiger partial charge on any atom is 0.125 e. The number of para-hydroxylation sites is 1. The number of rotatable bonds is 3. The zero-order valence-corrected chi connectivity index (χ0v) is 16.5. The Kier molecular flexibility index (Phi) is 3.97. The summed E-state index contributed by atoms with van der Waals surface area (Å²) in [5, 5.41) is 2.56. The van der Waals surface area contributed by atoms with Crippen molar-refractivity contribution in [3.05, 3.63) is 71.3 Å². The van der Waals surface area contributed by atoms with E-state index in [0.29, 0.717) is 0 Å². The van der Waals surface area contributed by atoms with Crippen molar-refractivity contribution >= 4 is 39.9 Å². The van der Waals surface area contributed by atoms with Gasteiger partial charge in [-0.3, -0.25) is 4.99 Å². The van der Waals surface area contributed by atoms with E-state index in [2.05, 4.69) is 90.0 Å². The van der Waals surface area contributed by atoms with Gasteiger partial charge in [0, 0.05) is 22.0 Å². The van der Waals surface area contributed by atoms with E-state index in [1.54, 1.807) is 0 Å². The van der Waals surface area contributed by atoms with Crippen LogP contribution in [0.1, 0.15) is 30.0 Å². The Labute approximate surface area is 165 Å². The maximum atomic E-state index is 4.51. The molecule has 1 atom stereocenters. The highest BCUT2D eigenvalue weighted by Gasteiger charge is 2.29. The van der Waals surface area contributed by atoms with Gasteiger partial charge in [0.15, 0.2) is 0 Å². The Morgan fingerprint density at radius 1 is 1.11 bits per heavy atom. The summed E-state index contributed by atoms with van der Waals surface area (Å²) < 4.78 is 0. The van der Waals surface area contributed by atoms with Crippen LogP contribution in [0.4, 0.5) is 11.4 Å². The summed E-state index contributed by atoms with van der Waals surface area (Å²) in [6.07, 6.45) is 3.09. The molecule has 1 unspecified atom stereocenters. The van der Waals surface area contributed by atoms with Gasteiger partial charge in [0.05, 0.1) is 11.2 Å². The Balaban J connectivity index is 1.85. The molecule has 0 aliphatic carbocycles.